The van der Waals surface area contributed by atoms with Crippen LogP contribution in [0.25, 0.3) is 0 Å². The van der Waals surface area contributed by atoms with Gasteiger partial charge in [0.2, 0.25) is 0 Å². The van der Waals surface area contributed by atoms with Crippen LogP contribution in [-0.2, 0) is 17.8 Å². The molecule has 0 bridgehead atoms. The highest BCUT2D eigenvalue weighted by Gasteiger charge is 2.18. The molecule has 0 aliphatic carbocycles. The monoisotopic (exact) mass is 499 g/mol. The third kappa shape index (κ3) is 6.66. The maximum absolute atomic E-state index is 6.16. The number of nitrogens with one attached hydrogen (secondary N) is 2. The summed E-state index contributed by atoms with van der Waals surface area (Å²) in [5, 5.41) is 11.0. The predicted octanol–water partition coefficient (Wildman–Crippen LogP) is 2.65. The number of aromatic nitrogens is 2. The Balaban J connectivity index is 0.00000280. The first-order chi connectivity index (χ1) is 13.1. The standard InChI is InChI=1S/C20H29N5O2.HI/c1-15-4-5-17(19(10-15)27-18-6-9-26-14-18)12-23-20(21-3)22-7-8-25-13-16(2)11-24-25;/h4-5,10-11,13,18H,6-9,12,14H2,1-3H3,(H2,21,22,23);1H. The summed E-state index contributed by atoms with van der Waals surface area (Å²) in [5.74, 6) is 1.68. The van der Waals surface area contributed by atoms with Gasteiger partial charge in [0.25, 0.3) is 0 Å². The number of hydrogen-bond donors (Lipinski definition) is 2. The molecular formula is C20H30IN5O2. The van der Waals surface area contributed by atoms with E-state index >= 15 is 0 Å². The van der Waals surface area contributed by atoms with Gasteiger partial charge in [0.05, 0.1) is 26.0 Å². The quantitative estimate of drug-likeness (QED) is 0.348. The van der Waals surface area contributed by atoms with Crippen molar-refractivity contribution in [2.75, 3.05) is 26.8 Å². The van der Waals surface area contributed by atoms with E-state index in [0.29, 0.717) is 13.2 Å². The van der Waals surface area contributed by atoms with Crippen LogP contribution < -0.4 is 15.4 Å². The van der Waals surface area contributed by atoms with Crippen LogP contribution in [0.5, 0.6) is 5.75 Å². The summed E-state index contributed by atoms with van der Waals surface area (Å²) < 4.78 is 13.5. The molecular weight excluding hydrogens is 469 g/mol. The fraction of sp³-hybridized carbons (Fsp3) is 0.500. The van der Waals surface area contributed by atoms with Gasteiger partial charge in [-0.3, -0.25) is 9.67 Å². The molecule has 0 amide bonds. The molecule has 0 spiro atoms. The summed E-state index contributed by atoms with van der Waals surface area (Å²) in [6, 6.07) is 6.30. The minimum absolute atomic E-state index is 0. The number of guanidine groups is 1. The van der Waals surface area contributed by atoms with Crippen molar-refractivity contribution in [3.8, 4) is 5.75 Å². The average Bonchev–Trinajstić information content (AvgIpc) is 3.31. The van der Waals surface area contributed by atoms with E-state index in [4.69, 9.17) is 9.47 Å². The lowest BCUT2D eigenvalue weighted by atomic mass is 10.1. The van der Waals surface area contributed by atoms with Crippen molar-refractivity contribution < 1.29 is 9.47 Å². The van der Waals surface area contributed by atoms with Gasteiger partial charge in [-0.2, -0.15) is 5.10 Å². The zero-order valence-corrected chi connectivity index (χ0v) is 19.1. The van der Waals surface area contributed by atoms with Gasteiger partial charge in [-0.15, -0.1) is 24.0 Å². The van der Waals surface area contributed by atoms with Crippen LogP contribution in [0, 0.1) is 13.8 Å². The lowest BCUT2D eigenvalue weighted by Gasteiger charge is -2.18. The first-order valence-corrected chi connectivity index (χ1v) is 9.41. The van der Waals surface area contributed by atoms with E-state index in [2.05, 4.69) is 45.8 Å². The van der Waals surface area contributed by atoms with Crippen LogP contribution in [0.1, 0.15) is 23.1 Å². The van der Waals surface area contributed by atoms with Gasteiger partial charge in [-0.05, 0) is 31.0 Å². The van der Waals surface area contributed by atoms with Gasteiger partial charge in [0, 0.05) is 38.3 Å². The van der Waals surface area contributed by atoms with Crippen LogP contribution in [0.4, 0.5) is 0 Å². The minimum atomic E-state index is 0. The maximum atomic E-state index is 6.16. The van der Waals surface area contributed by atoms with E-state index < -0.39 is 0 Å². The number of hydrogen-bond acceptors (Lipinski definition) is 4. The number of rotatable bonds is 7. The summed E-state index contributed by atoms with van der Waals surface area (Å²) in [6.45, 7) is 7.73. The highest BCUT2D eigenvalue weighted by Crippen LogP contribution is 2.23. The van der Waals surface area contributed by atoms with Crippen LogP contribution >= 0.6 is 24.0 Å². The Kier molecular flexibility index (Phi) is 9.04. The molecule has 7 nitrogen and oxygen atoms in total. The lowest BCUT2D eigenvalue weighted by molar-refractivity contribution is 0.140. The zero-order chi connectivity index (χ0) is 19.1. The first-order valence-electron chi connectivity index (χ1n) is 9.41. The molecule has 1 unspecified atom stereocenters. The van der Waals surface area contributed by atoms with Crippen molar-refractivity contribution in [2.45, 2.75) is 39.5 Å². The zero-order valence-electron chi connectivity index (χ0n) is 16.8. The van der Waals surface area contributed by atoms with E-state index in [1.54, 1.807) is 7.05 Å². The van der Waals surface area contributed by atoms with Gasteiger partial charge in [-0.25, -0.2) is 0 Å². The molecule has 2 aromatic rings. The van der Waals surface area contributed by atoms with Gasteiger partial charge in [-0.1, -0.05) is 12.1 Å². The fourth-order valence-corrected chi connectivity index (χ4v) is 2.98. The summed E-state index contributed by atoms with van der Waals surface area (Å²) in [4.78, 5) is 4.29. The molecule has 1 saturated heterocycles. The van der Waals surface area contributed by atoms with E-state index in [1.807, 2.05) is 24.0 Å². The Hall–Kier alpha value is -1.81. The summed E-state index contributed by atoms with van der Waals surface area (Å²) in [5.41, 5.74) is 3.46. The Morgan fingerprint density at radius 2 is 2.18 bits per heavy atom. The smallest absolute Gasteiger partial charge is 0.191 e. The second kappa shape index (κ2) is 11.3. The molecule has 0 radical (unpaired) electrons. The Morgan fingerprint density at radius 1 is 1.32 bits per heavy atom. The van der Waals surface area contributed by atoms with E-state index in [1.165, 1.54) is 5.56 Å². The third-order valence-electron chi connectivity index (χ3n) is 4.47. The predicted molar refractivity (Wildman–Crippen MR) is 122 cm³/mol. The van der Waals surface area contributed by atoms with E-state index in [0.717, 1.165) is 49.0 Å². The number of aryl methyl sites for hydroxylation is 2. The van der Waals surface area contributed by atoms with Crippen molar-refractivity contribution in [3.63, 3.8) is 0 Å². The second-order valence-electron chi connectivity index (χ2n) is 6.85. The summed E-state index contributed by atoms with van der Waals surface area (Å²) in [7, 11) is 1.77. The van der Waals surface area contributed by atoms with Crippen LogP contribution in [-0.4, -0.2) is 48.7 Å². The van der Waals surface area contributed by atoms with Gasteiger partial charge < -0.3 is 20.1 Å². The molecule has 2 heterocycles. The highest BCUT2D eigenvalue weighted by atomic mass is 127. The van der Waals surface area contributed by atoms with Crippen LogP contribution in [0.15, 0.2) is 35.6 Å². The Labute approximate surface area is 183 Å². The van der Waals surface area contributed by atoms with Gasteiger partial charge in [0.15, 0.2) is 5.96 Å². The summed E-state index contributed by atoms with van der Waals surface area (Å²) >= 11 is 0. The Bertz CT molecular complexity index is 772. The molecule has 1 aliphatic rings. The molecule has 1 fully saturated rings. The maximum Gasteiger partial charge on any atom is 0.191 e. The number of ether oxygens (including phenoxy) is 2. The largest absolute Gasteiger partial charge is 0.488 e. The molecule has 1 atom stereocenters. The number of benzene rings is 1. The first kappa shape index (κ1) is 22.5. The topological polar surface area (TPSA) is 72.7 Å². The number of halogens is 1. The molecule has 28 heavy (non-hydrogen) atoms. The van der Waals surface area contributed by atoms with Crippen LogP contribution in [0.3, 0.4) is 0 Å². The molecule has 1 aromatic carbocycles. The minimum Gasteiger partial charge on any atom is -0.488 e. The highest BCUT2D eigenvalue weighted by molar-refractivity contribution is 14.0. The molecule has 3 rings (SSSR count). The third-order valence-corrected chi connectivity index (χ3v) is 4.47. The summed E-state index contributed by atoms with van der Waals surface area (Å²) in [6.07, 6.45) is 4.97. The molecule has 1 aromatic heterocycles. The fourth-order valence-electron chi connectivity index (χ4n) is 2.98. The SMILES string of the molecule is CN=C(NCCn1cc(C)cn1)NCc1ccc(C)cc1OC1CCOC1.I. The van der Waals surface area contributed by atoms with E-state index in [9.17, 15) is 0 Å². The van der Waals surface area contributed by atoms with E-state index in [-0.39, 0.29) is 30.1 Å². The van der Waals surface area contributed by atoms with Crippen molar-refractivity contribution in [2.24, 2.45) is 4.99 Å². The Morgan fingerprint density at radius 3 is 2.86 bits per heavy atom. The van der Waals surface area contributed by atoms with Crippen LogP contribution in [0.2, 0.25) is 0 Å². The van der Waals surface area contributed by atoms with Gasteiger partial charge >= 0.3 is 0 Å². The molecule has 2 N–H and O–H groups in total. The number of aliphatic imine (C=N–C) groups is 1. The normalized spacial score (nSPS) is 16.5. The number of nitrogens with zero attached hydrogens (tertiary/aromatic N) is 3. The molecule has 154 valence electrons. The van der Waals surface area contributed by atoms with Crippen molar-refractivity contribution >= 4 is 29.9 Å². The average molecular weight is 499 g/mol. The van der Waals surface area contributed by atoms with Crippen molar-refractivity contribution in [3.05, 3.63) is 47.3 Å². The second-order valence-corrected chi connectivity index (χ2v) is 6.85. The van der Waals surface area contributed by atoms with Crippen molar-refractivity contribution in [1.29, 1.82) is 0 Å². The molecule has 8 heteroatoms. The molecule has 1 aliphatic heterocycles. The van der Waals surface area contributed by atoms with Gasteiger partial charge in [0.1, 0.15) is 11.9 Å². The van der Waals surface area contributed by atoms with Crippen molar-refractivity contribution in [1.82, 2.24) is 20.4 Å². The lowest BCUT2D eigenvalue weighted by Crippen LogP contribution is -2.38. The molecule has 0 saturated carbocycles.